The van der Waals surface area contributed by atoms with E-state index in [-0.39, 0.29) is 6.42 Å². The number of carbonyl (C=O) groups excluding carboxylic acids is 2. The molecule has 2 amide bonds. The number of rotatable bonds is 8. The molecule has 200 valence electrons. The van der Waals surface area contributed by atoms with Gasteiger partial charge < -0.3 is 20.8 Å². The van der Waals surface area contributed by atoms with Gasteiger partial charge in [-0.05, 0) is 83.3 Å². The summed E-state index contributed by atoms with van der Waals surface area (Å²) in [5.74, 6) is -0.910. The van der Waals surface area contributed by atoms with Crippen LogP contribution < -0.4 is 10.6 Å². The Kier molecular flexibility index (Phi) is 6.61. The average Bonchev–Trinajstić information content (AvgIpc) is 2.91. The highest BCUT2D eigenvalue weighted by Gasteiger charge is 2.45. The second kappa shape index (κ2) is 10.1. The SMILES string of the molecule is O=C(CC(=O)N[C@H](c1ccc2ccccc2c1)C1(O)CCC1)N[C@H](c1ccc2ccccc2c1)C1(O)CCC1. The molecule has 4 aromatic rings. The van der Waals surface area contributed by atoms with E-state index < -0.39 is 35.1 Å². The lowest BCUT2D eigenvalue weighted by Crippen LogP contribution is -2.52. The number of nitrogens with one attached hydrogen (secondary N) is 2. The van der Waals surface area contributed by atoms with Gasteiger partial charge in [0.2, 0.25) is 11.8 Å². The Morgan fingerprint density at radius 3 is 1.36 bits per heavy atom. The summed E-state index contributed by atoms with van der Waals surface area (Å²) in [6, 6.07) is 26.6. The Morgan fingerprint density at radius 2 is 1.00 bits per heavy atom. The van der Waals surface area contributed by atoms with Gasteiger partial charge in [0.05, 0.1) is 23.3 Å². The number of aliphatic hydroxyl groups is 2. The minimum Gasteiger partial charge on any atom is -0.387 e. The molecule has 0 aromatic heterocycles. The van der Waals surface area contributed by atoms with Gasteiger partial charge in [0, 0.05) is 0 Å². The van der Waals surface area contributed by atoms with Gasteiger partial charge in [0.25, 0.3) is 0 Å². The number of benzene rings is 4. The largest absolute Gasteiger partial charge is 0.387 e. The first kappa shape index (κ1) is 25.5. The summed E-state index contributed by atoms with van der Waals surface area (Å²) in [5.41, 5.74) is -0.433. The maximum absolute atomic E-state index is 13.2. The molecule has 2 aliphatic carbocycles. The minimum absolute atomic E-state index is 0.389. The standard InChI is InChI=1S/C33H34N2O4/c36-28(34-30(32(38)15-5-16-32)26-13-11-22-7-1-3-9-24(22)19-26)21-29(37)35-31(33(39)17-6-18-33)27-14-12-23-8-2-4-10-25(23)20-27/h1-4,7-14,19-20,30-31,38-39H,5-6,15-18,21H2,(H,34,36)(H,35,37)/t30-,31-/m1/s1. The summed E-state index contributed by atoms with van der Waals surface area (Å²) in [7, 11) is 0. The highest BCUT2D eigenvalue weighted by atomic mass is 16.3. The smallest absolute Gasteiger partial charge is 0.230 e. The minimum atomic E-state index is -1.04. The summed E-state index contributed by atoms with van der Waals surface area (Å²) in [6.07, 6.45) is 3.76. The van der Waals surface area contributed by atoms with Gasteiger partial charge in [-0.15, -0.1) is 0 Å². The number of hydrogen-bond donors (Lipinski definition) is 4. The lowest BCUT2D eigenvalue weighted by atomic mass is 9.72. The van der Waals surface area contributed by atoms with Crippen molar-refractivity contribution in [3.05, 3.63) is 96.1 Å². The Bertz CT molecular complexity index is 1420. The topological polar surface area (TPSA) is 98.7 Å². The van der Waals surface area contributed by atoms with Gasteiger partial charge in [0.1, 0.15) is 6.42 Å². The third-order valence-electron chi connectivity index (χ3n) is 8.66. The van der Waals surface area contributed by atoms with Crippen LogP contribution in [-0.4, -0.2) is 33.2 Å². The maximum atomic E-state index is 13.2. The molecule has 0 heterocycles. The maximum Gasteiger partial charge on any atom is 0.230 e. The van der Waals surface area contributed by atoms with E-state index in [0.29, 0.717) is 25.7 Å². The molecule has 39 heavy (non-hydrogen) atoms. The highest BCUT2D eigenvalue weighted by molar-refractivity contribution is 5.97. The molecule has 2 aliphatic rings. The Labute approximate surface area is 228 Å². The molecule has 6 heteroatoms. The van der Waals surface area contributed by atoms with Gasteiger partial charge in [-0.1, -0.05) is 72.8 Å². The van der Waals surface area contributed by atoms with E-state index in [4.69, 9.17) is 0 Å². The highest BCUT2D eigenvalue weighted by Crippen LogP contribution is 2.44. The second-order valence-corrected chi connectivity index (χ2v) is 11.3. The van der Waals surface area contributed by atoms with E-state index in [1.165, 1.54) is 0 Å². The Morgan fingerprint density at radius 1 is 0.615 bits per heavy atom. The van der Waals surface area contributed by atoms with E-state index in [1.54, 1.807) is 0 Å². The quantitative estimate of drug-likeness (QED) is 0.238. The van der Waals surface area contributed by atoms with Crippen LogP contribution in [0.15, 0.2) is 84.9 Å². The summed E-state index contributed by atoms with van der Waals surface area (Å²) < 4.78 is 0. The van der Waals surface area contributed by atoms with Gasteiger partial charge in [-0.3, -0.25) is 9.59 Å². The molecule has 0 unspecified atom stereocenters. The van der Waals surface area contributed by atoms with Crippen LogP contribution in [0, 0.1) is 0 Å². The number of carbonyl (C=O) groups is 2. The molecule has 6 rings (SSSR count). The molecule has 0 aliphatic heterocycles. The average molecular weight is 523 g/mol. The van der Waals surface area contributed by atoms with Crippen LogP contribution in [0.3, 0.4) is 0 Å². The predicted octanol–water partition coefficient (Wildman–Crippen LogP) is 5.23. The third-order valence-corrected chi connectivity index (χ3v) is 8.66. The van der Waals surface area contributed by atoms with E-state index in [1.807, 2.05) is 84.9 Å². The van der Waals surface area contributed by atoms with Gasteiger partial charge in [-0.2, -0.15) is 0 Å². The van der Waals surface area contributed by atoms with Gasteiger partial charge in [0.15, 0.2) is 0 Å². The van der Waals surface area contributed by atoms with E-state index >= 15 is 0 Å². The van der Waals surface area contributed by atoms with Crippen LogP contribution in [0.2, 0.25) is 0 Å². The molecule has 4 N–H and O–H groups in total. The van der Waals surface area contributed by atoms with Crippen molar-refractivity contribution < 1.29 is 19.8 Å². The molecule has 6 nitrogen and oxygen atoms in total. The zero-order valence-electron chi connectivity index (χ0n) is 21.9. The number of hydrogen-bond acceptors (Lipinski definition) is 4. The number of amides is 2. The van der Waals surface area contributed by atoms with Crippen LogP contribution >= 0.6 is 0 Å². The van der Waals surface area contributed by atoms with Crippen LogP contribution in [0.5, 0.6) is 0 Å². The summed E-state index contributed by atoms with van der Waals surface area (Å²) in [4.78, 5) is 26.3. The van der Waals surface area contributed by atoms with E-state index in [0.717, 1.165) is 45.5 Å². The zero-order valence-corrected chi connectivity index (χ0v) is 21.9. The van der Waals surface area contributed by atoms with E-state index in [9.17, 15) is 19.8 Å². The monoisotopic (exact) mass is 522 g/mol. The normalized spacial score (nSPS) is 18.9. The fourth-order valence-corrected chi connectivity index (χ4v) is 6.06. The van der Waals surface area contributed by atoms with Crippen molar-refractivity contribution in [3.63, 3.8) is 0 Å². The lowest BCUT2D eigenvalue weighted by molar-refractivity contribution is -0.136. The molecule has 2 saturated carbocycles. The zero-order chi connectivity index (χ0) is 27.0. The van der Waals surface area contributed by atoms with Crippen LogP contribution in [-0.2, 0) is 9.59 Å². The summed E-state index contributed by atoms with van der Waals surface area (Å²) in [6.45, 7) is 0. The lowest BCUT2D eigenvalue weighted by Gasteiger charge is -2.44. The Balaban J connectivity index is 1.19. The third kappa shape index (κ3) is 5.02. The fourth-order valence-electron chi connectivity index (χ4n) is 6.06. The first-order valence-electron chi connectivity index (χ1n) is 13.8. The molecule has 0 spiro atoms. The van der Waals surface area contributed by atoms with Crippen molar-refractivity contribution in [2.24, 2.45) is 0 Å². The first-order valence-corrected chi connectivity index (χ1v) is 13.8. The van der Waals surface area contributed by atoms with Crippen molar-refractivity contribution in [2.45, 2.75) is 68.2 Å². The number of fused-ring (bicyclic) bond motifs is 2. The fraction of sp³-hybridized carbons (Fsp3) is 0.333. The molecular weight excluding hydrogens is 488 g/mol. The van der Waals surface area contributed by atoms with Crippen LogP contribution in [0.1, 0.15) is 68.2 Å². The first-order chi connectivity index (χ1) is 18.8. The second-order valence-electron chi connectivity index (χ2n) is 11.3. The predicted molar refractivity (Wildman–Crippen MR) is 152 cm³/mol. The van der Waals surface area contributed by atoms with Crippen molar-refractivity contribution in [3.8, 4) is 0 Å². The molecule has 2 atom stereocenters. The molecule has 0 bridgehead atoms. The molecule has 2 fully saturated rings. The van der Waals surface area contributed by atoms with Gasteiger partial charge >= 0.3 is 0 Å². The van der Waals surface area contributed by atoms with Crippen molar-refractivity contribution in [1.29, 1.82) is 0 Å². The summed E-state index contributed by atoms with van der Waals surface area (Å²) in [5, 5.41) is 32.7. The van der Waals surface area contributed by atoms with Crippen molar-refractivity contribution in [1.82, 2.24) is 10.6 Å². The molecular formula is C33H34N2O4. The van der Waals surface area contributed by atoms with Crippen LogP contribution in [0.25, 0.3) is 21.5 Å². The van der Waals surface area contributed by atoms with E-state index in [2.05, 4.69) is 10.6 Å². The van der Waals surface area contributed by atoms with Crippen molar-refractivity contribution >= 4 is 33.4 Å². The van der Waals surface area contributed by atoms with Crippen molar-refractivity contribution in [2.75, 3.05) is 0 Å². The summed E-state index contributed by atoms with van der Waals surface area (Å²) >= 11 is 0. The Hall–Kier alpha value is -3.74. The van der Waals surface area contributed by atoms with Gasteiger partial charge in [-0.25, -0.2) is 0 Å². The van der Waals surface area contributed by atoms with Crippen LogP contribution in [0.4, 0.5) is 0 Å². The molecule has 0 saturated heterocycles. The molecule has 4 aromatic carbocycles. The molecule has 0 radical (unpaired) electrons.